The van der Waals surface area contributed by atoms with Crippen LogP contribution in [0.25, 0.3) is 0 Å². The molecule has 138 valence electrons. The van der Waals surface area contributed by atoms with Gasteiger partial charge in [0.05, 0.1) is 24.2 Å². The Bertz CT molecular complexity index is 571. The molecule has 1 atom stereocenters. The molecule has 1 aromatic carbocycles. The van der Waals surface area contributed by atoms with Gasteiger partial charge in [0.25, 0.3) is 0 Å². The number of carbonyl (C=O) groups is 1. The zero-order valence-corrected chi connectivity index (χ0v) is 16.9. The molecule has 0 heterocycles. The third-order valence-electron chi connectivity index (χ3n) is 3.48. The Morgan fingerprint density at radius 1 is 1.16 bits per heavy atom. The van der Waals surface area contributed by atoms with Crippen molar-refractivity contribution in [2.45, 2.75) is 39.5 Å². The lowest BCUT2D eigenvalue weighted by Gasteiger charge is -2.25. The Hall–Kier alpha value is -1.51. The molecule has 0 spiro atoms. The van der Waals surface area contributed by atoms with Crippen molar-refractivity contribution < 1.29 is 4.79 Å². The van der Waals surface area contributed by atoms with Crippen LogP contribution in [0.2, 0.25) is 0 Å². The molecule has 4 nitrogen and oxygen atoms in total. The van der Waals surface area contributed by atoms with E-state index in [1.807, 2.05) is 31.2 Å². The number of nitrogens with one attached hydrogen (secondary N) is 1. The molecule has 1 amide bonds. The molecule has 0 aromatic heterocycles. The highest BCUT2D eigenvalue weighted by Gasteiger charge is 2.15. The van der Waals surface area contributed by atoms with Crippen LogP contribution in [0, 0.1) is 29.1 Å². The number of hydrogen-bond donors (Lipinski definition) is 1. The van der Waals surface area contributed by atoms with Gasteiger partial charge in [-0.05, 0) is 30.9 Å². The fourth-order valence-electron chi connectivity index (χ4n) is 2.58. The van der Waals surface area contributed by atoms with Crippen LogP contribution >= 0.6 is 11.8 Å². The van der Waals surface area contributed by atoms with E-state index in [0.717, 1.165) is 29.4 Å². The lowest BCUT2D eigenvalue weighted by molar-refractivity contribution is -0.117. The maximum atomic E-state index is 12.5. The van der Waals surface area contributed by atoms with E-state index < -0.39 is 0 Å². The van der Waals surface area contributed by atoms with Gasteiger partial charge < -0.3 is 5.32 Å². The van der Waals surface area contributed by atoms with Gasteiger partial charge in [0.1, 0.15) is 0 Å². The molecule has 0 saturated carbocycles. The van der Waals surface area contributed by atoms with Crippen molar-refractivity contribution in [2.24, 2.45) is 17.8 Å². The monoisotopic (exact) mass is 361 g/mol. The van der Waals surface area contributed by atoms with Gasteiger partial charge in [-0.1, -0.05) is 39.8 Å². The summed E-state index contributed by atoms with van der Waals surface area (Å²) < 4.78 is 0. The minimum atomic E-state index is -0.0127. The summed E-state index contributed by atoms with van der Waals surface area (Å²) in [5, 5.41) is 12.0. The third kappa shape index (κ3) is 8.94. The van der Waals surface area contributed by atoms with E-state index in [1.165, 1.54) is 0 Å². The molecule has 1 N–H and O–H groups in total. The predicted octanol–water partition coefficient (Wildman–Crippen LogP) is 4.49. The SMILES string of the molecule is CC(C)CN(CC(=O)Nc1ccccc1SCC(C)C#N)CC(C)C. The average molecular weight is 362 g/mol. The van der Waals surface area contributed by atoms with Crippen LogP contribution in [0.1, 0.15) is 34.6 Å². The number of thioether (sulfide) groups is 1. The highest BCUT2D eigenvalue weighted by Crippen LogP contribution is 2.28. The van der Waals surface area contributed by atoms with Crippen molar-refractivity contribution in [3.8, 4) is 6.07 Å². The van der Waals surface area contributed by atoms with Gasteiger partial charge in [-0.3, -0.25) is 9.69 Å². The topological polar surface area (TPSA) is 56.1 Å². The third-order valence-corrected chi connectivity index (χ3v) is 4.82. The molecule has 0 aliphatic heterocycles. The van der Waals surface area contributed by atoms with Crippen molar-refractivity contribution in [1.29, 1.82) is 5.26 Å². The Morgan fingerprint density at radius 3 is 2.32 bits per heavy atom. The molecule has 0 fully saturated rings. The maximum absolute atomic E-state index is 12.5. The zero-order valence-electron chi connectivity index (χ0n) is 16.1. The molecule has 0 radical (unpaired) electrons. The number of nitrogens with zero attached hydrogens (tertiary/aromatic N) is 2. The summed E-state index contributed by atoms with van der Waals surface area (Å²) in [6.07, 6.45) is 0. The lowest BCUT2D eigenvalue weighted by atomic mass is 10.1. The van der Waals surface area contributed by atoms with E-state index >= 15 is 0 Å². The van der Waals surface area contributed by atoms with Crippen molar-refractivity contribution in [2.75, 3.05) is 30.7 Å². The van der Waals surface area contributed by atoms with Crippen LogP contribution in [0.4, 0.5) is 5.69 Å². The summed E-state index contributed by atoms with van der Waals surface area (Å²) in [6.45, 7) is 12.8. The fourth-order valence-corrected chi connectivity index (χ4v) is 3.53. The molecule has 5 heteroatoms. The standard InChI is InChI=1S/C20H31N3OS/c1-15(2)11-23(12-16(3)4)13-20(24)22-18-8-6-7-9-19(18)25-14-17(5)10-21/h6-9,15-17H,11-14H2,1-5H3,(H,22,24). The summed E-state index contributed by atoms with van der Waals surface area (Å²) in [7, 11) is 0. The van der Waals surface area contributed by atoms with E-state index in [0.29, 0.717) is 18.4 Å². The van der Waals surface area contributed by atoms with Crippen LogP contribution < -0.4 is 5.32 Å². The second-order valence-electron chi connectivity index (χ2n) is 7.37. The zero-order chi connectivity index (χ0) is 18.8. The average Bonchev–Trinajstić information content (AvgIpc) is 2.52. The van der Waals surface area contributed by atoms with Crippen LogP contribution in [0.15, 0.2) is 29.2 Å². The van der Waals surface area contributed by atoms with E-state index in [4.69, 9.17) is 5.26 Å². The smallest absolute Gasteiger partial charge is 0.238 e. The molecule has 0 aliphatic rings. The fraction of sp³-hybridized carbons (Fsp3) is 0.600. The Morgan fingerprint density at radius 2 is 1.76 bits per heavy atom. The molecule has 1 unspecified atom stereocenters. The minimum absolute atomic E-state index is 0.0127. The number of benzene rings is 1. The first kappa shape index (κ1) is 21.5. The van der Waals surface area contributed by atoms with Crippen LogP contribution in [0.5, 0.6) is 0 Å². The molecular formula is C20H31N3OS. The molecule has 0 aliphatic carbocycles. The molecule has 1 rings (SSSR count). The Labute approximate surface area is 157 Å². The number of para-hydroxylation sites is 1. The van der Waals surface area contributed by atoms with Gasteiger partial charge >= 0.3 is 0 Å². The second-order valence-corrected chi connectivity index (χ2v) is 8.43. The Kier molecular flexibility index (Phi) is 9.62. The number of carbonyl (C=O) groups excluding carboxylic acids is 1. The number of rotatable bonds is 10. The summed E-state index contributed by atoms with van der Waals surface area (Å²) in [5.41, 5.74) is 0.830. The number of hydrogen-bond acceptors (Lipinski definition) is 4. The van der Waals surface area contributed by atoms with Gasteiger partial charge in [-0.2, -0.15) is 5.26 Å². The van der Waals surface area contributed by atoms with Crippen molar-refractivity contribution in [3.63, 3.8) is 0 Å². The van der Waals surface area contributed by atoms with Gasteiger partial charge in [0.15, 0.2) is 0 Å². The summed E-state index contributed by atoms with van der Waals surface area (Å²) in [4.78, 5) is 15.7. The molecular weight excluding hydrogens is 330 g/mol. The van der Waals surface area contributed by atoms with E-state index in [1.54, 1.807) is 11.8 Å². The largest absolute Gasteiger partial charge is 0.324 e. The molecule has 1 aromatic rings. The predicted molar refractivity (Wildman–Crippen MR) is 107 cm³/mol. The summed E-state index contributed by atoms with van der Waals surface area (Å²) in [5.74, 6) is 1.78. The molecule has 0 saturated heterocycles. The maximum Gasteiger partial charge on any atom is 0.238 e. The first-order valence-electron chi connectivity index (χ1n) is 8.95. The molecule has 0 bridgehead atoms. The van der Waals surface area contributed by atoms with Crippen molar-refractivity contribution >= 4 is 23.4 Å². The number of amides is 1. The van der Waals surface area contributed by atoms with E-state index in [9.17, 15) is 4.79 Å². The second kappa shape index (κ2) is 11.2. The number of nitriles is 1. The van der Waals surface area contributed by atoms with Gasteiger partial charge in [-0.25, -0.2) is 0 Å². The van der Waals surface area contributed by atoms with E-state index in [-0.39, 0.29) is 11.8 Å². The van der Waals surface area contributed by atoms with Gasteiger partial charge in [0.2, 0.25) is 5.91 Å². The highest BCUT2D eigenvalue weighted by molar-refractivity contribution is 7.99. The minimum Gasteiger partial charge on any atom is -0.324 e. The van der Waals surface area contributed by atoms with Gasteiger partial charge in [0, 0.05) is 23.7 Å². The van der Waals surface area contributed by atoms with Crippen molar-refractivity contribution in [3.05, 3.63) is 24.3 Å². The molecule has 25 heavy (non-hydrogen) atoms. The summed E-state index contributed by atoms with van der Waals surface area (Å²) in [6, 6.07) is 10.0. The first-order valence-corrected chi connectivity index (χ1v) is 9.94. The van der Waals surface area contributed by atoms with E-state index in [2.05, 4.69) is 44.0 Å². The first-order chi connectivity index (χ1) is 11.8. The highest BCUT2D eigenvalue weighted by atomic mass is 32.2. The van der Waals surface area contributed by atoms with Gasteiger partial charge in [-0.15, -0.1) is 11.8 Å². The van der Waals surface area contributed by atoms with Crippen molar-refractivity contribution in [1.82, 2.24) is 4.90 Å². The lowest BCUT2D eigenvalue weighted by Crippen LogP contribution is -2.38. The quantitative estimate of drug-likeness (QED) is 0.624. The van der Waals surface area contributed by atoms with Crippen LogP contribution in [-0.4, -0.2) is 36.2 Å². The Balaban J connectivity index is 2.70. The summed E-state index contributed by atoms with van der Waals surface area (Å²) >= 11 is 1.61. The normalized spacial score (nSPS) is 12.4. The van der Waals surface area contributed by atoms with Crippen LogP contribution in [0.3, 0.4) is 0 Å². The van der Waals surface area contributed by atoms with Crippen LogP contribution in [-0.2, 0) is 4.79 Å². The number of anilines is 1.